The smallest absolute Gasteiger partial charge is 0.264 e. The summed E-state index contributed by atoms with van der Waals surface area (Å²) >= 11 is 22.8. The molecule has 0 aromatic heterocycles. The molecule has 1 saturated heterocycles. The molecule has 0 unspecified atom stereocenters. The number of aromatic hydroxyl groups is 1. The van der Waals surface area contributed by atoms with Crippen molar-refractivity contribution in [2.24, 2.45) is 0 Å². The fourth-order valence-electron chi connectivity index (χ4n) is 3.14. The molecule has 0 saturated carbocycles. The lowest BCUT2D eigenvalue weighted by Crippen LogP contribution is -1.98. The topological polar surface area (TPSA) is 82.1 Å². The van der Waals surface area contributed by atoms with Crippen LogP contribution in [-0.2, 0) is 20.2 Å². The minimum absolute atomic E-state index is 0.0733. The van der Waals surface area contributed by atoms with Gasteiger partial charge in [0.25, 0.3) is 9.05 Å². The van der Waals surface area contributed by atoms with Gasteiger partial charge in [-0.25, -0.2) is 8.42 Å². The van der Waals surface area contributed by atoms with Crippen LogP contribution < -0.4 is 9.47 Å². The molecule has 0 atom stereocenters. The Balaban J connectivity index is 0.000000285. The molecule has 2 aliphatic rings. The molecule has 0 spiro atoms. The number of hydrogen-bond donors (Lipinski definition) is 1. The van der Waals surface area contributed by atoms with Crippen molar-refractivity contribution in [3.63, 3.8) is 0 Å². The summed E-state index contributed by atoms with van der Waals surface area (Å²) in [7, 11) is 1.55. The quantitative estimate of drug-likeness (QED) is 0.203. The first kappa shape index (κ1) is 41.6. The van der Waals surface area contributed by atoms with Gasteiger partial charge in [0.15, 0.2) is 0 Å². The predicted molar refractivity (Wildman–Crippen MR) is 201 cm³/mol. The monoisotopic (exact) mass is 1080 g/mol. The van der Waals surface area contributed by atoms with Crippen molar-refractivity contribution in [1.82, 2.24) is 0 Å². The number of rotatable bonds is 5. The summed E-state index contributed by atoms with van der Waals surface area (Å²) < 4.78 is 41.1. The Labute approximate surface area is 317 Å². The molecule has 43 heavy (non-hydrogen) atoms. The Bertz CT molecular complexity index is 1300. The van der Waals surface area contributed by atoms with Gasteiger partial charge < -0.3 is 19.3 Å². The van der Waals surface area contributed by atoms with Gasteiger partial charge in [0.2, 0.25) is 0 Å². The molecule has 3 aromatic rings. The summed E-state index contributed by atoms with van der Waals surface area (Å²) in [5.74, 6) is 1.52. The van der Waals surface area contributed by atoms with E-state index in [1.807, 2.05) is 30.3 Å². The molecule has 0 aliphatic carbocycles. The zero-order valence-corrected chi connectivity index (χ0v) is 35.4. The fraction of sp³-hybridized carbons (Fsp3) is 0.357. The molecule has 5 rings (SSSR count). The number of para-hydroxylation sites is 3. The molecule has 0 radical (unpaired) electrons. The van der Waals surface area contributed by atoms with E-state index >= 15 is 0 Å². The van der Waals surface area contributed by atoms with E-state index in [2.05, 4.69) is 112 Å². The van der Waals surface area contributed by atoms with Crippen LogP contribution >= 0.6 is 122 Å². The third kappa shape index (κ3) is 16.8. The number of halogens is 8. The van der Waals surface area contributed by atoms with Crippen LogP contribution in [0, 0.1) is 0 Å². The molecule has 2 heterocycles. The second-order valence-electron chi connectivity index (χ2n) is 8.14. The number of phenols is 1. The highest BCUT2D eigenvalue weighted by molar-refractivity contribution is 9.12. The number of ether oxygens (including phenoxy) is 3. The molecule has 0 amide bonds. The van der Waals surface area contributed by atoms with Gasteiger partial charge in [0.05, 0.1) is 31.1 Å². The van der Waals surface area contributed by atoms with Crippen molar-refractivity contribution in [1.29, 1.82) is 0 Å². The molecule has 6 nitrogen and oxygen atoms in total. The Morgan fingerprint density at radius 3 is 1.70 bits per heavy atom. The molecule has 240 valence electrons. The molecular formula is C28H30Br7ClO6S. The maximum atomic E-state index is 11.1. The predicted octanol–water partition coefficient (Wildman–Crippen LogP) is 11.0. The Hall–Kier alpha value is 0.620. The van der Waals surface area contributed by atoms with Crippen molar-refractivity contribution in [3.05, 3.63) is 78.1 Å². The second-order valence-corrected chi connectivity index (χ2v) is 16.5. The van der Waals surface area contributed by atoms with Crippen LogP contribution in [-0.4, -0.2) is 55.9 Å². The van der Waals surface area contributed by atoms with E-state index in [0.29, 0.717) is 27.9 Å². The zero-order chi connectivity index (χ0) is 32.3. The van der Waals surface area contributed by atoms with E-state index in [9.17, 15) is 8.42 Å². The molecule has 1 N–H and O–H groups in total. The number of fused-ring (bicyclic) bond motifs is 1. The zero-order valence-electron chi connectivity index (χ0n) is 22.7. The Kier molecular flexibility index (Phi) is 23.1. The largest absolute Gasteiger partial charge is 0.506 e. The summed E-state index contributed by atoms with van der Waals surface area (Å²) in [5, 5.41) is 12.0. The highest BCUT2D eigenvalue weighted by Crippen LogP contribution is 2.35. The van der Waals surface area contributed by atoms with E-state index in [0.717, 1.165) is 55.9 Å². The lowest BCUT2D eigenvalue weighted by Gasteiger charge is -2.07. The third-order valence-electron chi connectivity index (χ3n) is 5.02. The summed E-state index contributed by atoms with van der Waals surface area (Å²) in [4.78, 5) is 0.0733. The van der Waals surface area contributed by atoms with Crippen LogP contribution in [0.1, 0.15) is 18.4 Å². The van der Waals surface area contributed by atoms with Crippen molar-refractivity contribution >= 4 is 131 Å². The van der Waals surface area contributed by atoms with E-state index < -0.39 is 9.05 Å². The summed E-state index contributed by atoms with van der Waals surface area (Å²) in [6.07, 6.45) is 3.30. The second kappa shape index (κ2) is 23.9. The van der Waals surface area contributed by atoms with Crippen molar-refractivity contribution in [2.45, 2.75) is 24.2 Å². The SMILES string of the molecule is BrCCBr.BrCCOc1c(Br)cccc1Br.C1CCOC1.O=S(=O)(Cl)c1cccc2c1OCC2.Oc1c(Br)cccc1Br. The number of hydrogen-bond acceptors (Lipinski definition) is 6. The highest BCUT2D eigenvalue weighted by atomic mass is 79.9. The van der Waals surface area contributed by atoms with Gasteiger partial charge >= 0.3 is 0 Å². The van der Waals surface area contributed by atoms with E-state index in [4.69, 9.17) is 30.0 Å². The van der Waals surface area contributed by atoms with Crippen LogP contribution in [0.3, 0.4) is 0 Å². The van der Waals surface area contributed by atoms with Crippen LogP contribution in [0.15, 0.2) is 77.4 Å². The average molecular weight is 1090 g/mol. The minimum atomic E-state index is -3.68. The van der Waals surface area contributed by atoms with Gasteiger partial charge in [-0.05, 0) is 112 Å². The van der Waals surface area contributed by atoms with Gasteiger partial charge in [-0.3, -0.25) is 0 Å². The van der Waals surface area contributed by atoms with E-state index in [1.165, 1.54) is 18.9 Å². The van der Waals surface area contributed by atoms with Crippen molar-refractivity contribution in [3.8, 4) is 17.2 Å². The van der Waals surface area contributed by atoms with Crippen molar-refractivity contribution in [2.75, 3.05) is 42.4 Å². The van der Waals surface area contributed by atoms with Gasteiger partial charge in [0, 0.05) is 46.3 Å². The number of phenolic OH excluding ortho intramolecular Hbond substituents is 1. The molecular weight excluding hydrogens is 1060 g/mol. The van der Waals surface area contributed by atoms with E-state index in [-0.39, 0.29) is 10.6 Å². The van der Waals surface area contributed by atoms with Crippen LogP contribution in [0.5, 0.6) is 17.2 Å². The molecule has 1 fully saturated rings. The third-order valence-corrected chi connectivity index (χ3v) is 11.1. The molecule has 0 bridgehead atoms. The summed E-state index contributed by atoms with van der Waals surface area (Å²) in [6.45, 7) is 3.19. The van der Waals surface area contributed by atoms with Crippen LogP contribution in [0.25, 0.3) is 0 Å². The van der Waals surface area contributed by atoms with Gasteiger partial charge in [0.1, 0.15) is 22.1 Å². The molecule has 2 aliphatic heterocycles. The lowest BCUT2D eigenvalue weighted by atomic mass is 10.2. The van der Waals surface area contributed by atoms with Crippen molar-refractivity contribution < 1.29 is 27.7 Å². The van der Waals surface area contributed by atoms with Crippen LogP contribution in [0.4, 0.5) is 0 Å². The maximum absolute atomic E-state index is 11.1. The number of alkyl halides is 3. The van der Waals surface area contributed by atoms with Gasteiger partial charge in [-0.1, -0.05) is 72.1 Å². The molecule has 3 aromatic carbocycles. The first-order valence-electron chi connectivity index (χ1n) is 12.6. The lowest BCUT2D eigenvalue weighted by molar-refractivity contribution is 0.198. The first-order valence-corrected chi connectivity index (χ1v) is 21.5. The van der Waals surface area contributed by atoms with Gasteiger partial charge in [-0.15, -0.1) is 0 Å². The minimum Gasteiger partial charge on any atom is -0.506 e. The molecule has 15 heteroatoms. The fourth-order valence-corrected chi connectivity index (χ4v) is 6.54. The Morgan fingerprint density at radius 1 is 0.767 bits per heavy atom. The first-order chi connectivity index (χ1) is 20.5. The highest BCUT2D eigenvalue weighted by Gasteiger charge is 2.23. The average Bonchev–Trinajstić information content (AvgIpc) is 3.72. The summed E-state index contributed by atoms with van der Waals surface area (Å²) in [6, 6.07) is 16.2. The maximum Gasteiger partial charge on any atom is 0.264 e. The standard InChI is InChI=1S/C8H7Br3O.C8H7ClO3S.C6H4Br2O.C4H8O.C2H4Br2/c9-4-5-12-8-6(10)2-1-3-7(8)11;9-13(10,11)7-3-1-2-6-4-5-12-8(6)7;7-4-2-1-3-5(8)6(4)9;1-2-4-5-3-1;3-1-2-4/h1-3H,4-5H2;1-3H,4-5H2;1-3,9H;1-4H2;1-2H2. The normalized spacial score (nSPS) is 12.8. The Morgan fingerprint density at radius 2 is 1.28 bits per heavy atom. The summed E-state index contributed by atoms with van der Waals surface area (Å²) in [5.41, 5.74) is 0.904. The van der Waals surface area contributed by atoms with Crippen LogP contribution in [0.2, 0.25) is 0 Å². The number of benzene rings is 3. The van der Waals surface area contributed by atoms with Gasteiger partial charge in [-0.2, -0.15) is 0 Å². The van der Waals surface area contributed by atoms with E-state index in [1.54, 1.807) is 18.2 Å².